The average Bonchev–Trinajstić information content (AvgIpc) is 2.66. The first-order chi connectivity index (χ1) is 7.58. The Hall–Kier alpha value is -2.24. The van der Waals surface area contributed by atoms with Crippen LogP contribution in [0.2, 0.25) is 0 Å². The fourth-order valence-corrected chi connectivity index (χ4v) is 1.09. The largest absolute Gasteiger partial charge is 0.477 e. The summed E-state index contributed by atoms with van der Waals surface area (Å²) in [5.74, 6) is -0.651. The molecule has 1 rings (SSSR count). The van der Waals surface area contributed by atoms with Crippen LogP contribution in [0.1, 0.15) is 11.5 Å². The quantitative estimate of drug-likeness (QED) is 0.581. The van der Waals surface area contributed by atoms with Gasteiger partial charge in [-0.3, -0.25) is 9.98 Å². The standard InChI is InChI=1S/C10H12N4O2/c1-6-5-13-9(14-6)7(11-2)4-8(12-3)10(15)16/h4-5H,3H2,1-2H3,(H,13,14)(H,15,16)/b8-4-,11-7?. The van der Waals surface area contributed by atoms with Crippen LogP contribution < -0.4 is 0 Å². The van der Waals surface area contributed by atoms with E-state index in [4.69, 9.17) is 5.11 Å². The average molecular weight is 220 g/mol. The molecule has 1 heterocycles. The van der Waals surface area contributed by atoms with Crippen molar-refractivity contribution in [3.8, 4) is 0 Å². The van der Waals surface area contributed by atoms with Crippen molar-refractivity contribution >= 4 is 18.4 Å². The zero-order valence-corrected chi connectivity index (χ0v) is 9.06. The maximum Gasteiger partial charge on any atom is 0.354 e. The number of aryl methyl sites for hydroxylation is 1. The molecule has 0 atom stereocenters. The third-order valence-corrected chi connectivity index (χ3v) is 1.85. The lowest BCUT2D eigenvalue weighted by Gasteiger charge is -1.97. The summed E-state index contributed by atoms with van der Waals surface area (Å²) in [6, 6.07) is 0. The van der Waals surface area contributed by atoms with Gasteiger partial charge in [-0.25, -0.2) is 9.78 Å². The van der Waals surface area contributed by atoms with Gasteiger partial charge in [0.25, 0.3) is 0 Å². The van der Waals surface area contributed by atoms with Crippen molar-refractivity contribution in [2.24, 2.45) is 9.98 Å². The smallest absolute Gasteiger partial charge is 0.354 e. The van der Waals surface area contributed by atoms with Gasteiger partial charge in [0.15, 0.2) is 5.82 Å². The van der Waals surface area contributed by atoms with Crippen molar-refractivity contribution in [1.29, 1.82) is 0 Å². The van der Waals surface area contributed by atoms with E-state index in [0.717, 1.165) is 5.69 Å². The SMILES string of the molecule is C=N/C(=C\C(=NC)c1ncc(C)[nH]1)C(=O)O. The molecule has 0 aliphatic carbocycles. The van der Waals surface area contributed by atoms with E-state index in [1.54, 1.807) is 13.2 Å². The molecule has 1 aromatic rings. The number of aliphatic imine (C=N–C) groups is 2. The van der Waals surface area contributed by atoms with Crippen LogP contribution in [0.25, 0.3) is 0 Å². The van der Waals surface area contributed by atoms with Crippen molar-refractivity contribution in [3.05, 3.63) is 29.5 Å². The fourth-order valence-electron chi connectivity index (χ4n) is 1.09. The van der Waals surface area contributed by atoms with Gasteiger partial charge in [0.2, 0.25) is 0 Å². The Balaban J connectivity index is 3.10. The lowest BCUT2D eigenvalue weighted by atomic mass is 10.3. The Kier molecular flexibility index (Phi) is 3.71. The maximum absolute atomic E-state index is 10.7. The second-order valence-corrected chi connectivity index (χ2v) is 3.02. The van der Waals surface area contributed by atoms with E-state index < -0.39 is 5.97 Å². The molecule has 6 nitrogen and oxygen atoms in total. The van der Waals surface area contributed by atoms with Gasteiger partial charge in [0, 0.05) is 25.0 Å². The first kappa shape index (κ1) is 11.8. The van der Waals surface area contributed by atoms with Gasteiger partial charge in [-0.05, 0) is 13.6 Å². The summed E-state index contributed by atoms with van der Waals surface area (Å²) >= 11 is 0. The number of imidazole rings is 1. The molecule has 0 spiro atoms. The predicted octanol–water partition coefficient (Wildman–Crippen LogP) is 0.806. The molecule has 0 unspecified atom stereocenters. The van der Waals surface area contributed by atoms with Crippen LogP contribution in [0.4, 0.5) is 0 Å². The van der Waals surface area contributed by atoms with Crippen molar-refractivity contribution in [2.75, 3.05) is 7.05 Å². The molecule has 84 valence electrons. The molecule has 0 amide bonds. The van der Waals surface area contributed by atoms with E-state index in [9.17, 15) is 4.79 Å². The third-order valence-electron chi connectivity index (χ3n) is 1.85. The summed E-state index contributed by atoms with van der Waals surface area (Å²) < 4.78 is 0. The number of H-pyrrole nitrogens is 1. The van der Waals surface area contributed by atoms with E-state index >= 15 is 0 Å². The molecule has 2 N–H and O–H groups in total. The summed E-state index contributed by atoms with van der Waals surface area (Å²) in [4.78, 5) is 25.1. The van der Waals surface area contributed by atoms with Crippen LogP contribution in [0, 0.1) is 6.92 Å². The molecule has 0 bridgehead atoms. The predicted molar refractivity (Wildman–Crippen MR) is 61.1 cm³/mol. The van der Waals surface area contributed by atoms with Crippen LogP contribution in [-0.4, -0.2) is 40.5 Å². The maximum atomic E-state index is 10.7. The summed E-state index contributed by atoms with van der Waals surface area (Å²) in [5.41, 5.74) is 1.11. The van der Waals surface area contributed by atoms with Crippen molar-refractivity contribution < 1.29 is 9.90 Å². The molecule has 16 heavy (non-hydrogen) atoms. The topological polar surface area (TPSA) is 90.7 Å². The second-order valence-electron chi connectivity index (χ2n) is 3.02. The van der Waals surface area contributed by atoms with Gasteiger partial charge in [-0.1, -0.05) is 0 Å². The minimum atomic E-state index is -1.15. The number of nitrogens with zero attached hydrogens (tertiary/aromatic N) is 3. The lowest BCUT2D eigenvalue weighted by Crippen LogP contribution is -2.05. The van der Waals surface area contributed by atoms with Crippen molar-refractivity contribution in [3.63, 3.8) is 0 Å². The molecular formula is C10H12N4O2. The highest BCUT2D eigenvalue weighted by Gasteiger charge is 2.09. The van der Waals surface area contributed by atoms with Gasteiger partial charge < -0.3 is 10.1 Å². The Morgan fingerprint density at radius 2 is 2.38 bits per heavy atom. The molecule has 0 fully saturated rings. The number of hydrogen-bond acceptors (Lipinski definition) is 4. The molecule has 0 aliphatic rings. The minimum absolute atomic E-state index is 0.172. The summed E-state index contributed by atoms with van der Waals surface area (Å²) in [6.45, 7) is 5.03. The molecule has 1 aromatic heterocycles. The van der Waals surface area contributed by atoms with Gasteiger partial charge in [0.1, 0.15) is 11.4 Å². The number of aliphatic carboxylic acids is 1. The lowest BCUT2D eigenvalue weighted by molar-refractivity contribution is -0.132. The Labute approximate surface area is 92.5 Å². The number of aromatic amines is 1. The van der Waals surface area contributed by atoms with Crippen LogP contribution in [0.15, 0.2) is 28.0 Å². The highest BCUT2D eigenvalue weighted by atomic mass is 16.4. The molecule has 0 radical (unpaired) electrons. The van der Waals surface area contributed by atoms with E-state index in [0.29, 0.717) is 11.5 Å². The second kappa shape index (κ2) is 5.01. The van der Waals surface area contributed by atoms with Gasteiger partial charge in [-0.15, -0.1) is 0 Å². The highest BCUT2D eigenvalue weighted by molar-refractivity contribution is 6.09. The number of hydrogen-bond donors (Lipinski definition) is 2. The number of aromatic nitrogens is 2. The molecule has 6 heteroatoms. The first-order valence-corrected chi connectivity index (χ1v) is 4.49. The Bertz CT molecular complexity index is 471. The number of allylic oxidation sites excluding steroid dienone is 1. The van der Waals surface area contributed by atoms with Gasteiger partial charge >= 0.3 is 5.97 Å². The number of rotatable bonds is 4. The normalized spacial score (nSPS) is 12.6. The highest BCUT2D eigenvalue weighted by Crippen LogP contribution is 2.03. The molecule has 0 saturated carbocycles. The number of carboxylic acid groups (broad SMARTS) is 1. The van der Waals surface area contributed by atoms with Crippen LogP contribution in [0.5, 0.6) is 0 Å². The molecular weight excluding hydrogens is 208 g/mol. The first-order valence-electron chi connectivity index (χ1n) is 4.49. The summed E-state index contributed by atoms with van der Waals surface area (Å²) in [5, 5.41) is 8.78. The van der Waals surface area contributed by atoms with Crippen LogP contribution >= 0.6 is 0 Å². The molecule has 0 aromatic carbocycles. The van der Waals surface area contributed by atoms with E-state index in [1.807, 2.05) is 6.92 Å². The molecule has 0 aliphatic heterocycles. The Morgan fingerprint density at radius 3 is 2.75 bits per heavy atom. The van der Waals surface area contributed by atoms with E-state index in [2.05, 4.69) is 26.7 Å². The van der Waals surface area contributed by atoms with Gasteiger partial charge in [0.05, 0.1) is 0 Å². The minimum Gasteiger partial charge on any atom is -0.477 e. The number of carbonyl (C=O) groups is 1. The Morgan fingerprint density at radius 1 is 1.69 bits per heavy atom. The third kappa shape index (κ3) is 2.63. The monoisotopic (exact) mass is 220 g/mol. The van der Waals surface area contributed by atoms with Gasteiger partial charge in [-0.2, -0.15) is 0 Å². The van der Waals surface area contributed by atoms with E-state index in [1.165, 1.54) is 6.08 Å². The molecule has 0 saturated heterocycles. The summed E-state index contributed by atoms with van der Waals surface area (Å²) in [7, 11) is 1.55. The summed E-state index contributed by atoms with van der Waals surface area (Å²) in [6.07, 6.45) is 2.95. The van der Waals surface area contributed by atoms with Crippen molar-refractivity contribution in [2.45, 2.75) is 6.92 Å². The van der Waals surface area contributed by atoms with Crippen LogP contribution in [0.3, 0.4) is 0 Å². The zero-order valence-electron chi connectivity index (χ0n) is 9.06. The fraction of sp³-hybridized carbons (Fsp3) is 0.200. The van der Waals surface area contributed by atoms with Crippen molar-refractivity contribution in [1.82, 2.24) is 9.97 Å². The van der Waals surface area contributed by atoms with Crippen LogP contribution in [-0.2, 0) is 4.79 Å². The number of carboxylic acids is 1. The zero-order chi connectivity index (χ0) is 12.1. The number of nitrogens with one attached hydrogen (secondary N) is 1. The van der Waals surface area contributed by atoms with E-state index in [-0.39, 0.29) is 5.70 Å².